The average molecular weight is 403 g/mol. The first-order valence-corrected chi connectivity index (χ1v) is 9.40. The van der Waals surface area contributed by atoms with Gasteiger partial charge in [0, 0.05) is 5.02 Å². The highest BCUT2D eigenvalue weighted by molar-refractivity contribution is 7.89. The Kier molecular flexibility index (Phi) is 6.29. The Morgan fingerprint density at radius 3 is 2.48 bits per heavy atom. The van der Waals surface area contributed by atoms with Gasteiger partial charge in [-0.15, -0.1) is 0 Å². The van der Waals surface area contributed by atoms with Gasteiger partial charge < -0.3 is 10.1 Å². The first-order chi connectivity index (χ1) is 11.7. The SMILES string of the molecule is COc1ccc(Cl)cc1S(=O)(=O)N[C@@H](C)C(=O)Nc1ccccc1Cl. The van der Waals surface area contributed by atoms with Crippen molar-refractivity contribution in [3.05, 3.63) is 52.5 Å². The molecule has 1 amide bonds. The zero-order chi connectivity index (χ0) is 18.6. The van der Waals surface area contributed by atoms with Gasteiger partial charge in [-0.05, 0) is 37.3 Å². The fourth-order valence-electron chi connectivity index (χ4n) is 2.01. The van der Waals surface area contributed by atoms with Crippen LogP contribution in [-0.4, -0.2) is 27.5 Å². The Bertz CT molecular complexity index is 887. The van der Waals surface area contributed by atoms with E-state index in [1.54, 1.807) is 24.3 Å². The van der Waals surface area contributed by atoms with Crippen LogP contribution >= 0.6 is 23.2 Å². The smallest absolute Gasteiger partial charge is 0.245 e. The van der Waals surface area contributed by atoms with Crippen molar-refractivity contribution in [2.45, 2.75) is 17.9 Å². The van der Waals surface area contributed by atoms with Crippen LogP contribution in [0.3, 0.4) is 0 Å². The van der Waals surface area contributed by atoms with Crippen LogP contribution in [0.25, 0.3) is 0 Å². The molecular formula is C16H16Cl2N2O4S. The third-order valence-corrected chi connectivity index (χ3v) is 5.40. The lowest BCUT2D eigenvalue weighted by Crippen LogP contribution is -2.41. The van der Waals surface area contributed by atoms with E-state index in [1.165, 1.54) is 32.2 Å². The lowest BCUT2D eigenvalue weighted by molar-refractivity contribution is -0.117. The summed E-state index contributed by atoms with van der Waals surface area (Å²) < 4.78 is 32.4. The van der Waals surface area contributed by atoms with E-state index >= 15 is 0 Å². The number of hydrogen-bond donors (Lipinski definition) is 2. The number of nitrogens with one attached hydrogen (secondary N) is 2. The van der Waals surface area contributed by atoms with E-state index in [0.29, 0.717) is 10.7 Å². The average Bonchev–Trinajstić information content (AvgIpc) is 2.56. The molecular weight excluding hydrogens is 387 g/mol. The molecule has 0 saturated heterocycles. The molecule has 2 aromatic carbocycles. The van der Waals surface area contributed by atoms with E-state index in [-0.39, 0.29) is 15.7 Å². The second kappa shape index (κ2) is 8.05. The third-order valence-electron chi connectivity index (χ3n) is 3.27. The molecule has 0 radical (unpaired) electrons. The molecule has 25 heavy (non-hydrogen) atoms. The Morgan fingerprint density at radius 2 is 1.84 bits per heavy atom. The first kappa shape index (κ1) is 19.5. The number of amides is 1. The molecule has 9 heteroatoms. The standard InChI is InChI=1S/C16H16Cl2N2O4S/c1-10(16(21)19-13-6-4-3-5-12(13)18)20-25(22,23)15-9-11(17)7-8-14(15)24-2/h3-10,20H,1-2H3,(H,19,21)/t10-/m0/s1. The summed E-state index contributed by atoms with van der Waals surface area (Å²) in [7, 11) is -2.68. The van der Waals surface area contributed by atoms with Gasteiger partial charge in [0.15, 0.2) is 0 Å². The summed E-state index contributed by atoms with van der Waals surface area (Å²) in [5.41, 5.74) is 0.389. The second-order valence-corrected chi connectivity index (χ2v) is 7.63. The van der Waals surface area contributed by atoms with Crippen molar-refractivity contribution in [1.29, 1.82) is 0 Å². The third kappa shape index (κ3) is 4.85. The summed E-state index contributed by atoms with van der Waals surface area (Å²) >= 11 is 11.8. The minimum atomic E-state index is -4.03. The molecule has 0 unspecified atom stereocenters. The molecule has 0 spiro atoms. The van der Waals surface area contributed by atoms with E-state index in [9.17, 15) is 13.2 Å². The lowest BCUT2D eigenvalue weighted by Gasteiger charge is -2.16. The predicted molar refractivity (Wildman–Crippen MR) is 97.9 cm³/mol. The molecule has 0 bridgehead atoms. The molecule has 0 saturated carbocycles. The summed E-state index contributed by atoms with van der Waals surface area (Å²) in [6.45, 7) is 1.42. The zero-order valence-corrected chi connectivity index (χ0v) is 15.7. The first-order valence-electron chi connectivity index (χ1n) is 7.16. The Balaban J connectivity index is 2.19. The number of sulfonamides is 1. The fourth-order valence-corrected chi connectivity index (χ4v) is 3.83. The van der Waals surface area contributed by atoms with E-state index < -0.39 is 22.0 Å². The molecule has 0 aromatic heterocycles. The van der Waals surface area contributed by atoms with Crippen molar-refractivity contribution < 1.29 is 17.9 Å². The van der Waals surface area contributed by atoms with Crippen molar-refractivity contribution in [3.63, 3.8) is 0 Å². The minimum Gasteiger partial charge on any atom is -0.495 e. The molecule has 0 aliphatic rings. The molecule has 1 atom stereocenters. The van der Waals surface area contributed by atoms with Crippen molar-refractivity contribution in [1.82, 2.24) is 4.72 Å². The molecule has 2 aromatic rings. The van der Waals surface area contributed by atoms with Crippen LogP contribution < -0.4 is 14.8 Å². The molecule has 0 fully saturated rings. The second-order valence-electron chi connectivity index (χ2n) is 5.11. The van der Waals surface area contributed by atoms with Crippen LogP contribution in [0.4, 0.5) is 5.69 Å². The van der Waals surface area contributed by atoms with Crippen LogP contribution in [0.5, 0.6) is 5.75 Å². The van der Waals surface area contributed by atoms with Gasteiger partial charge in [-0.1, -0.05) is 35.3 Å². The highest BCUT2D eigenvalue weighted by Gasteiger charge is 2.25. The van der Waals surface area contributed by atoms with Crippen LogP contribution in [-0.2, 0) is 14.8 Å². The van der Waals surface area contributed by atoms with Crippen LogP contribution in [0, 0.1) is 0 Å². The summed E-state index contributed by atoms with van der Waals surface area (Å²) in [5.74, 6) is -0.437. The summed E-state index contributed by atoms with van der Waals surface area (Å²) in [4.78, 5) is 12.1. The van der Waals surface area contributed by atoms with Gasteiger partial charge in [-0.2, -0.15) is 4.72 Å². The highest BCUT2D eigenvalue weighted by Crippen LogP contribution is 2.27. The van der Waals surface area contributed by atoms with Crippen molar-refractivity contribution in [2.24, 2.45) is 0 Å². The topological polar surface area (TPSA) is 84.5 Å². The Hall–Kier alpha value is -1.80. The number of hydrogen-bond acceptors (Lipinski definition) is 4. The Labute approximate surface area is 156 Å². The maximum absolute atomic E-state index is 12.5. The van der Waals surface area contributed by atoms with Gasteiger partial charge in [-0.3, -0.25) is 4.79 Å². The minimum absolute atomic E-state index is 0.121. The van der Waals surface area contributed by atoms with Crippen molar-refractivity contribution in [2.75, 3.05) is 12.4 Å². The van der Waals surface area contributed by atoms with Gasteiger partial charge in [0.2, 0.25) is 15.9 Å². The fraction of sp³-hybridized carbons (Fsp3) is 0.188. The van der Waals surface area contributed by atoms with Gasteiger partial charge in [0.25, 0.3) is 0 Å². The lowest BCUT2D eigenvalue weighted by atomic mass is 10.3. The number of para-hydroxylation sites is 1. The van der Waals surface area contributed by atoms with E-state index in [2.05, 4.69) is 10.0 Å². The van der Waals surface area contributed by atoms with Crippen LogP contribution in [0.2, 0.25) is 10.0 Å². The summed E-state index contributed by atoms with van der Waals surface area (Å²) in [6.07, 6.45) is 0. The summed E-state index contributed by atoms with van der Waals surface area (Å²) in [6, 6.07) is 9.79. The highest BCUT2D eigenvalue weighted by atomic mass is 35.5. The maximum Gasteiger partial charge on any atom is 0.245 e. The molecule has 134 valence electrons. The normalized spacial score (nSPS) is 12.5. The monoisotopic (exact) mass is 402 g/mol. The van der Waals surface area contributed by atoms with E-state index in [0.717, 1.165) is 0 Å². The van der Waals surface area contributed by atoms with Gasteiger partial charge in [-0.25, -0.2) is 8.42 Å². The van der Waals surface area contributed by atoms with Gasteiger partial charge >= 0.3 is 0 Å². The number of ether oxygens (including phenoxy) is 1. The number of methoxy groups -OCH3 is 1. The molecule has 0 aliphatic heterocycles. The van der Waals surface area contributed by atoms with Crippen LogP contribution in [0.15, 0.2) is 47.4 Å². The van der Waals surface area contributed by atoms with E-state index in [1.807, 2.05) is 0 Å². The number of halogens is 2. The quantitative estimate of drug-likeness (QED) is 0.775. The van der Waals surface area contributed by atoms with Crippen LogP contribution in [0.1, 0.15) is 6.92 Å². The number of carbonyl (C=O) groups is 1. The number of anilines is 1. The van der Waals surface area contributed by atoms with Gasteiger partial charge in [0.1, 0.15) is 10.6 Å². The van der Waals surface area contributed by atoms with Gasteiger partial charge in [0.05, 0.1) is 23.9 Å². The number of rotatable bonds is 6. The number of benzene rings is 2. The summed E-state index contributed by atoms with van der Waals surface area (Å²) in [5, 5.41) is 3.15. The van der Waals surface area contributed by atoms with Crippen molar-refractivity contribution >= 4 is 44.8 Å². The number of carbonyl (C=O) groups excluding carboxylic acids is 1. The van der Waals surface area contributed by atoms with E-state index in [4.69, 9.17) is 27.9 Å². The van der Waals surface area contributed by atoms with Crippen molar-refractivity contribution in [3.8, 4) is 5.75 Å². The molecule has 0 heterocycles. The molecule has 0 aliphatic carbocycles. The zero-order valence-electron chi connectivity index (χ0n) is 13.4. The maximum atomic E-state index is 12.5. The molecule has 2 N–H and O–H groups in total. The Morgan fingerprint density at radius 1 is 1.16 bits per heavy atom. The predicted octanol–water partition coefficient (Wildman–Crippen LogP) is 3.31. The largest absolute Gasteiger partial charge is 0.495 e. The molecule has 6 nitrogen and oxygen atoms in total. The molecule has 2 rings (SSSR count).